The number of hydrogen-bond acceptors (Lipinski definition) is 2. The molecular weight excluding hydrogens is 921 g/mol. The van der Waals surface area contributed by atoms with Gasteiger partial charge in [0.2, 0.25) is 0 Å². The molecule has 0 aliphatic carbocycles. The summed E-state index contributed by atoms with van der Waals surface area (Å²) in [6.07, 6.45) is 0. The van der Waals surface area contributed by atoms with Crippen molar-refractivity contribution in [3.8, 4) is 11.4 Å². The summed E-state index contributed by atoms with van der Waals surface area (Å²) >= 11 is 0. The number of anilines is 6. The Morgan fingerprint density at radius 1 is 0.263 bits per heavy atom. The molecule has 0 amide bonds. The second kappa shape index (κ2) is 15.8. The Morgan fingerprint density at radius 2 is 0.579 bits per heavy atom. The van der Waals surface area contributed by atoms with Gasteiger partial charge in [-0.1, -0.05) is 161 Å². The Balaban J connectivity index is 1.06. The molecule has 0 saturated carbocycles. The predicted molar refractivity (Wildman–Crippen MR) is 323 cm³/mol. The van der Waals surface area contributed by atoms with E-state index in [0.29, 0.717) is 0 Å². The van der Waals surface area contributed by atoms with Crippen LogP contribution in [0.2, 0.25) is 0 Å². The van der Waals surface area contributed by atoms with E-state index in [1.807, 2.05) is 0 Å². The standard InChI is InChI=1S/C72H58N4/c1-43-33-44(2)36-47(35-43)73-61-29-17-13-21-49(61)55-39-59-67(41-65(55)73)75(63-31-19-15-27-57(63)71(59,5)6)69-51-23-9-11-25-53(51)70(54-26-12-10-24-52(54)69)76-64-32-20-16-28-58(64)72(7,8)60-40-56-50-22-14-18-30-62(50)74(66(56)42-68(60)76)48-37-45(3)34-46(4)38-48/h9-42H,1-8H3. The molecule has 0 unspecified atom stereocenters. The molecule has 13 aromatic rings. The van der Waals surface area contributed by atoms with E-state index in [1.165, 1.54) is 155 Å². The fourth-order valence-electron chi connectivity index (χ4n) is 14.1. The molecule has 0 atom stereocenters. The van der Waals surface area contributed by atoms with Crippen molar-refractivity contribution in [2.45, 2.75) is 66.2 Å². The second-order valence-electron chi connectivity index (χ2n) is 22.9. The maximum Gasteiger partial charge on any atom is 0.0620 e. The molecule has 11 aromatic carbocycles. The highest BCUT2D eigenvalue weighted by molar-refractivity contribution is 6.25. The summed E-state index contributed by atoms with van der Waals surface area (Å²) in [5.74, 6) is 0. The van der Waals surface area contributed by atoms with Gasteiger partial charge >= 0.3 is 0 Å². The molecule has 2 aromatic heterocycles. The van der Waals surface area contributed by atoms with Gasteiger partial charge in [0.05, 0.1) is 56.2 Å². The number of nitrogens with zero attached hydrogens (tertiary/aromatic N) is 4. The van der Waals surface area contributed by atoms with E-state index in [4.69, 9.17) is 0 Å². The number of hydrogen-bond donors (Lipinski definition) is 0. The van der Waals surface area contributed by atoms with Gasteiger partial charge in [-0.3, -0.25) is 0 Å². The zero-order valence-electron chi connectivity index (χ0n) is 44.4. The third-order valence-electron chi connectivity index (χ3n) is 17.3. The molecule has 0 bridgehead atoms. The highest BCUT2D eigenvalue weighted by Gasteiger charge is 2.42. The van der Waals surface area contributed by atoms with E-state index in [9.17, 15) is 0 Å². The minimum atomic E-state index is -0.301. The molecule has 76 heavy (non-hydrogen) atoms. The van der Waals surface area contributed by atoms with Crippen LogP contribution in [0.15, 0.2) is 206 Å². The summed E-state index contributed by atoms with van der Waals surface area (Å²) in [4.78, 5) is 5.25. The average Bonchev–Trinajstić information content (AvgIpc) is 3.99. The smallest absolute Gasteiger partial charge is 0.0620 e. The number of aromatic nitrogens is 2. The van der Waals surface area contributed by atoms with Crippen molar-refractivity contribution in [2.24, 2.45) is 0 Å². The van der Waals surface area contributed by atoms with Crippen LogP contribution >= 0.6 is 0 Å². The molecule has 2 aliphatic heterocycles. The van der Waals surface area contributed by atoms with Crippen molar-refractivity contribution in [3.63, 3.8) is 0 Å². The van der Waals surface area contributed by atoms with Crippen molar-refractivity contribution in [2.75, 3.05) is 9.80 Å². The topological polar surface area (TPSA) is 16.3 Å². The number of para-hydroxylation sites is 4. The molecule has 4 heteroatoms. The maximum absolute atomic E-state index is 2.63. The van der Waals surface area contributed by atoms with Gasteiger partial charge in [-0.15, -0.1) is 0 Å². The molecule has 4 nitrogen and oxygen atoms in total. The van der Waals surface area contributed by atoms with E-state index in [1.54, 1.807) is 0 Å². The summed E-state index contributed by atoms with van der Waals surface area (Å²) in [6, 6.07) is 78.6. The first-order valence-electron chi connectivity index (χ1n) is 26.9. The number of aryl methyl sites for hydroxylation is 4. The Morgan fingerprint density at radius 3 is 0.947 bits per heavy atom. The quantitative estimate of drug-likeness (QED) is 0.163. The van der Waals surface area contributed by atoms with Crippen LogP contribution in [0.5, 0.6) is 0 Å². The molecule has 0 radical (unpaired) electrons. The lowest BCUT2D eigenvalue weighted by Gasteiger charge is -2.44. The van der Waals surface area contributed by atoms with Gasteiger partial charge in [-0.25, -0.2) is 0 Å². The summed E-state index contributed by atoms with van der Waals surface area (Å²) in [5, 5.41) is 9.84. The molecule has 4 heterocycles. The van der Waals surface area contributed by atoms with Gasteiger partial charge in [0, 0.05) is 65.3 Å². The number of benzene rings is 11. The van der Waals surface area contributed by atoms with E-state index >= 15 is 0 Å². The highest BCUT2D eigenvalue weighted by Crippen LogP contribution is 2.60. The summed E-state index contributed by atoms with van der Waals surface area (Å²) in [7, 11) is 0. The monoisotopic (exact) mass is 978 g/mol. The largest absolute Gasteiger partial charge is 0.309 e. The van der Waals surface area contributed by atoms with Crippen LogP contribution < -0.4 is 9.80 Å². The first-order chi connectivity index (χ1) is 36.9. The third-order valence-corrected chi connectivity index (χ3v) is 17.3. The van der Waals surface area contributed by atoms with Crippen molar-refractivity contribution < 1.29 is 0 Å². The molecule has 0 fully saturated rings. The minimum absolute atomic E-state index is 0.301. The van der Waals surface area contributed by atoms with Crippen LogP contribution in [-0.4, -0.2) is 9.13 Å². The normalized spacial score (nSPS) is 14.5. The average molecular weight is 979 g/mol. The van der Waals surface area contributed by atoms with Gasteiger partial charge in [0.15, 0.2) is 0 Å². The molecule has 15 rings (SSSR count). The van der Waals surface area contributed by atoms with Crippen LogP contribution in [0, 0.1) is 27.7 Å². The van der Waals surface area contributed by atoms with Crippen LogP contribution in [0.3, 0.4) is 0 Å². The van der Waals surface area contributed by atoms with Gasteiger partial charge in [0.25, 0.3) is 0 Å². The van der Waals surface area contributed by atoms with E-state index in [0.717, 1.165) is 0 Å². The summed E-state index contributed by atoms with van der Waals surface area (Å²) in [5.41, 5.74) is 24.0. The minimum Gasteiger partial charge on any atom is -0.309 e. The maximum atomic E-state index is 2.63. The van der Waals surface area contributed by atoms with E-state index in [2.05, 4.69) is 281 Å². The predicted octanol–water partition coefficient (Wildman–Crippen LogP) is 19.6. The van der Waals surface area contributed by atoms with Crippen molar-refractivity contribution in [3.05, 3.63) is 251 Å². The fraction of sp³-hybridized carbons (Fsp3) is 0.139. The second-order valence-corrected chi connectivity index (χ2v) is 22.9. The first-order valence-corrected chi connectivity index (χ1v) is 26.9. The Hall–Kier alpha value is -8.86. The van der Waals surface area contributed by atoms with Crippen molar-refractivity contribution in [1.29, 1.82) is 0 Å². The lowest BCUT2D eigenvalue weighted by atomic mass is 9.72. The summed E-state index contributed by atoms with van der Waals surface area (Å²) in [6.45, 7) is 18.5. The van der Waals surface area contributed by atoms with Gasteiger partial charge < -0.3 is 18.9 Å². The van der Waals surface area contributed by atoms with E-state index in [-0.39, 0.29) is 10.8 Å². The number of rotatable bonds is 4. The van der Waals surface area contributed by atoms with Crippen LogP contribution in [0.4, 0.5) is 34.1 Å². The zero-order chi connectivity index (χ0) is 51.5. The third kappa shape index (κ3) is 6.13. The molecule has 2 aliphatic rings. The lowest BCUT2D eigenvalue weighted by Crippen LogP contribution is -2.31. The molecular formula is C72H58N4. The Bertz CT molecular complexity index is 4260. The van der Waals surface area contributed by atoms with Crippen molar-refractivity contribution in [1.82, 2.24) is 9.13 Å². The summed E-state index contributed by atoms with van der Waals surface area (Å²) < 4.78 is 5.00. The Labute approximate surface area is 444 Å². The van der Waals surface area contributed by atoms with Crippen LogP contribution in [-0.2, 0) is 10.8 Å². The molecule has 0 N–H and O–H groups in total. The number of fused-ring (bicyclic) bond motifs is 12. The zero-order valence-corrected chi connectivity index (χ0v) is 44.4. The van der Waals surface area contributed by atoms with Crippen molar-refractivity contribution >= 4 is 99.3 Å². The molecule has 0 spiro atoms. The SMILES string of the molecule is Cc1cc(C)cc(-n2c3ccccc3c3cc4c(cc32)N(c2c3ccccc3c(N3c5ccccc5C(C)(C)c5cc6c7ccccc7n(-c7cc(C)cc(C)c7)c6cc53)c3ccccc23)c2ccccc2C4(C)C)c1. The van der Waals surface area contributed by atoms with Crippen LogP contribution in [0.25, 0.3) is 76.5 Å². The highest BCUT2D eigenvalue weighted by atomic mass is 15.2. The van der Waals surface area contributed by atoms with E-state index < -0.39 is 0 Å². The lowest BCUT2D eigenvalue weighted by molar-refractivity contribution is 0.633. The molecule has 366 valence electrons. The first kappa shape index (κ1) is 44.6. The molecule has 0 saturated heterocycles. The van der Waals surface area contributed by atoms with Gasteiger partial charge in [-0.05, 0) is 145 Å². The fourth-order valence-corrected chi connectivity index (χ4v) is 14.1. The van der Waals surface area contributed by atoms with Crippen LogP contribution in [0.1, 0.15) is 72.2 Å². The van der Waals surface area contributed by atoms with Gasteiger partial charge in [-0.2, -0.15) is 0 Å². The Kier molecular flexibility index (Phi) is 9.29. The van der Waals surface area contributed by atoms with Gasteiger partial charge in [0.1, 0.15) is 0 Å².